The Hall–Kier alpha value is -2.95. The minimum Gasteiger partial charge on any atom is -0.506 e. The normalized spacial score (nSPS) is 12.6. The molecule has 0 aliphatic carbocycles. The molecule has 0 unspecified atom stereocenters. The first-order valence-corrected chi connectivity index (χ1v) is 14.0. The van der Waals surface area contributed by atoms with Crippen LogP contribution in [0.3, 0.4) is 0 Å². The average molecular weight is 651 g/mol. The number of para-hydroxylation sites is 1. The predicted octanol–water partition coefficient (Wildman–Crippen LogP) is 7.80. The van der Waals surface area contributed by atoms with Crippen molar-refractivity contribution in [3.8, 4) is 11.5 Å². The van der Waals surface area contributed by atoms with E-state index >= 15 is 0 Å². The Labute approximate surface area is 236 Å². The number of halogens is 2. The highest BCUT2D eigenvalue weighted by atomic mass is 79.9. The Morgan fingerprint density at radius 3 is 2.43 bits per heavy atom. The summed E-state index contributed by atoms with van der Waals surface area (Å²) in [6.07, 6.45) is 2.59. The number of allylic oxidation sites excluding steroid dienone is 1. The van der Waals surface area contributed by atoms with Crippen molar-refractivity contribution in [2.45, 2.75) is 29.9 Å². The van der Waals surface area contributed by atoms with Crippen LogP contribution in [0.1, 0.15) is 24.5 Å². The molecule has 3 rings (SSSR count). The molecular weight excluding hydrogens is 626 g/mol. The standard InChI is InChI=1S/C27H25Br2NO6S/c1-37-20-13-11-18(12-14-20)30-27(34)36-26(21-15-17(28)16-22(29)25(21)33)23(9-5-6-10-24(31)32)35-19-7-3-2-4-8-19/h2-4,6-8,10-16,23,26,33H,5,9H2,1H3,(H,30,34)(H,31,32)/b10-6+/t23-,26-/m0/s1. The van der Waals surface area contributed by atoms with Gasteiger partial charge in [0.25, 0.3) is 0 Å². The highest BCUT2D eigenvalue weighted by Crippen LogP contribution is 2.40. The number of nitrogens with one attached hydrogen (secondary N) is 1. The smallest absolute Gasteiger partial charge is 0.412 e. The zero-order chi connectivity index (χ0) is 26.8. The molecule has 1 amide bonds. The number of rotatable bonds is 11. The number of ether oxygens (including phenoxy) is 2. The van der Waals surface area contributed by atoms with E-state index in [4.69, 9.17) is 14.6 Å². The summed E-state index contributed by atoms with van der Waals surface area (Å²) in [5.74, 6) is -0.633. The van der Waals surface area contributed by atoms with Crippen molar-refractivity contribution in [3.05, 3.63) is 93.4 Å². The minimum absolute atomic E-state index is 0.104. The fraction of sp³-hybridized carbons (Fsp3) is 0.185. The molecule has 3 N–H and O–H groups in total. The summed E-state index contributed by atoms with van der Waals surface area (Å²) in [7, 11) is 0. The Bertz CT molecular complexity index is 1240. The van der Waals surface area contributed by atoms with Crippen molar-refractivity contribution in [1.82, 2.24) is 0 Å². The second-order valence-electron chi connectivity index (χ2n) is 7.79. The molecule has 0 heterocycles. The number of aromatic hydroxyl groups is 1. The van der Waals surface area contributed by atoms with E-state index in [-0.39, 0.29) is 5.75 Å². The van der Waals surface area contributed by atoms with Crippen molar-refractivity contribution in [1.29, 1.82) is 0 Å². The maximum atomic E-state index is 13.0. The highest BCUT2D eigenvalue weighted by molar-refractivity contribution is 9.11. The van der Waals surface area contributed by atoms with Gasteiger partial charge in [-0.3, -0.25) is 5.32 Å². The molecule has 0 fully saturated rings. The largest absolute Gasteiger partial charge is 0.506 e. The van der Waals surface area contributed by atoms with Gasteiger partial charge in [0.2, 0.25) is 0 Å². The summed E-state index contributed by atoms with van der Waals surface area (Å²) in [6, 6.07) is 19.6. The molecule has 0 aliphatic heterocycles. The van der Waals surface area contributed by atoms with E-state index in [1.807, 2.05) is 36.6 Å². The van der Waals surface area contributed by atoms with Crippen LogP contribution in [0, 0.1) is 0 Å². The molecule has 3 aromatic carbocycles. The first kappa shape index (κ1) is 28.6. The van der Waals surface area contributed by atoms with Crippen molar-refractivity contribution in [2.24, 2.45) is 0 Å². The molecule has 3 aromatic rings. The van der Waals surface area contributed by atoms with Gasteiger partial charge in [0, 0.05) is 26.7 Å². The van der Waals surface area contributed by atoms with E-state index < -0.39 is 24.3 Å². The monoisotopic (exact) mass is 649 g/mol. The zero-order valence-electron chi connectivity index (χ0n) is 19.8. The zero-order valence-corrected chi connectivity index (χ0v) is 23.8. The van der Waals surface area contributed by atoms with Gasteiger partial charge in [0.1, 0.15) is 17.6 Å². The molecule has 0 radical (unpaired) electrons. The van der Waals surface area contributed by atoms with Crippen LogP contribution < -0.4 is 10.1 Å². The van der Waals surface area contributed by atoms with Gasteiger partial charge in [-0.05, 0) is 83.6 Å². The van der Waals surface area contributed by atoms with Crippen LogP contribution in [-0.4, -0.2) is 34.6 Å². The van der Waals surface area contributed by atoms with Crippen LogP contribution in [-0.2, 0) is 9.53 Å². The van der Waals surface area contributed by atoms with Gasteiger partial charge in [0.05, 0.1) is 4.47 Å². The minimum atomic E-state index is -1.06. The van der Waals surface area contributed by atoms with Crippen LogP contribution in [0.4, 0.5) is 10.5 Å². The van der Waals surface area contributed by atoms with Gasteiger partial charge >= 0.3 is 12.1 Å². The van der Waals surface area contributed by atoms with Gasteiger partial charge in [0.15, 0.2) is 6.10 Å². The van der Waals surface area contributed by atoms with Crippen LogP contribution in [0.2, 0.25) is 0 Å². The SMILES string of the molecule is CSc1ccc(NC(=O)O[C@@H](c2cc(Br)cc(Br)c2O)[C@H](CC/C=C/C(=O)O)Oc2ccccc2)cc1. The quantitative estimate of drug-likeness (QED) is 0.144. The molecule has 0 spiro atoms. The number of carbonyl (C=O) groups is 2. The number of hydrogen-bond acceptors (Lipinski definition) is 6. The number of amides is 1. The number of phenolic OH excluding ortho intramolecular Hbond substituents is 1. The molecule has 37 heavy (non-hydrogen) atoms. The Kier molecular flexibility index (Phi) is 10.9. The molecule has 0 saturated carbocycles. The maximum Gasteiger partial charge on any atom is 0.412 e. The fourth-order valence-corrected chi connectivity index (χ4v) is 5.14. The number of phenols is 1. The Morgan fingerprint density at radius 2 is 1.78 bits per heavy atom. The third-order valence-corrected chi connectivity index (χ3v) is 6.99. The van der Waals surface area contributed by atoms with Crippen LogP contribution in [0.25, 0.3) is 0 Å². The lowest BCUT2D eigenvalue weighted by Gasteiger charge is -2.29. The first-order chi connectivity index (χ1) is 17.8. The number of anilines is 1. The molecule has 7 nitrogen and oxygen atoms in total. The Morgan fingerprint density at radius 1 is 1.08 bits per heavy atom. The first-order valence-electron chi connectivity index (χ1n) is 11.2. The second-order valence-corrected chi connectivity index (χ2v) is 10.4. The van der Waals surface area contributed by atoms with Crippen molar-refractivity contribution < 1.29 is 29.3 Å². The lowest BCUT2D eigenvalue weighted by molar-refractivity contribution is -0.131. The number of carbonyl (C=O) groups excluding carboxylic acids is 1. The second kappa shape index (κ2) is 14.1. The van der Waals surface area contributed by atoms with Crippen LogP contribution >= 0.6 is 43.6 Å². The van der Waals surface area contributed by atoms with E-state index in [0.29, 0.717) is 38.8 Å². The summed E-state index contributed by atoms with van der Waals surface area (Å²) >= 11 is 8.35. The lowest BCUT2D eigenvalue weighted by Crippen LogP contribution is -2.31. The third-order valence-electron chi connectivity index (χ3n) is 5.18. The van der Waals surface area contributed by atoms with E-state index in [1.165, 1.54) is 6.08 Å². The van der Waals surface area contributed by atoms with Gasteiger partial charge in [-0.25, -0.2) is 9.59 Å². The molecule has 0 bridgehead atoms. The molecule has 0 saturated heterocycles. The summed E-state index contributed by atoms with van der Waals surface area (Å²) in [5, 5.41) is 22.6. The van der Waals surface area contributed by atoms with Gasteiger partial charge < -0.3 is 19.7 Å². The predicted molar refractivity (Wildman–Crippen MR) is 151 cm³/mol. The van der Waals surface area contributed by atoms with E-state index in [0.717, 1.165) is 11.0 Å². The molecule has 0 aliphatic rings. The molecule has 2 atom stereocenters. The van der Waals surface area contributed by atoms with E-state index in [1.54, 1.807) is 48.2 Å². The van der Waals surface area contributed by atoms with Crippen molar-refractivity contribution in [2.75, 3.05) is 11.6 Å². The maximum absolute atomic E-state index is 13.0. The Balaban J connectivity index is 1.95. The van der Waals surface area contributed by atoms with Crippen LogP contribution in [0.5, 0.6) is 11.5 Å². The van der Waals surface area contributed by atoms with Gasteiger partial charge in [-0.2, -0.15) is 0 Å². The fourth-order valence-electron chi connectivity index (χ4n) is 3.47. The van der Waals surface area contributed by atoms with Gasteiger partial charge in [-0.15, -0.1) is 11.8 Å². The summed E-state index contributed by atoms with van der Waals surface area (Å²) in [5.41, 5.74) is 0.864. The number of thioether (sulfide) groups is 1. The summed E-state index contributed by atoms with van der Waals surface area (Å²) < 4.78 is 13.2. The number of aliphatic carboxylic acids is 1. The number of benzene rings is 3. The van der Waals surface area contributed by atoms with E-state index in [2.05, 4.69) is 37.2 Å². The number of carboxylic acid groups (broad SMARTS) is 1. The van der Waals surface area contributed by atoms with Crippen LogP contribution in [0.15, 0.2) is 92.7 Å². The molecule has 194 valence electrons. The number of carboxylic acids is 1. The average Bonchev–Trinajstić information content (AvgIpc) is 2.87. The van der Waals surface area contributed by atoms with E-state index in [9.17, 15) is 14.7 Å². The lowest BCUT2D eigenvalue weighted by atomic mass is 9.99. The highest BCUT2D eigenvalue weighted by Gasteiger charge is 2.32. The molecule has 0 aromatic heterocycles. The third kappa shape index (κ3) is 8.84. The topological polar surface area (TPSA) is 105 Å². The number of hydrogen-bond donors (Lipinski definition) is 3. The molecular formula is C27H25Br2NO6S. The summed E-state index contributed by atoms with van der Waals surface area (Å²) in [6.45, 7) is 0. The van der Waals surface area contributed by atoms with Crippen molar-refractivity contribution in [3.63, 3.8) is 0 Å². The summed E-state index contributed by atoms with van der Waals surface area (Å²) in [4.78, 5) is 25.0. The molecule has 10 heteroatoms. The van der Waals surface area contributed by atoms with Gasteiger partial charge in [-0.1, -0.05) is 40.2 Å². The van der Waals surface area contributed by atoms with Crippen molar-refractivity contribution >= 4 is 61.4 Å².